The third kappa shape index (κ3) is 3.15. The summed E-state index contributed by atoms with van der Waals surface area (Å²) in [5, 5.41) is 0. The van der Waals surface area contributed by atoms with Gasteiger partial charge >= 0.3 is 0 Å². The smallest absolute Gasteiger partial charge is 0.270 e. The summed E-state index contributed by atoms with van der Waals surface area (Å²) >= 11 is 0. The zero-order chi connectivity index (χ0) is 20.9. The molecule has 2 aromatic rings. The number of hydrogen-bond donors (Lipinski definition) is 1. The molecule has 0 unspecified atom stereocenters. The summed E-state index contributed by atoms with van der Waals surface area (Å²) in [6.07, 6.45) is 0. The molecule has 7 heteroatoms. The van der Waals surface area contributed by atoms with E-state index in [1.54, 1.807) is 18.9 Å². The Labute approximate surface area is 161 Å². The van der Waals surface area contributed by atoms with E-state index >= 15 is 0 Å². The minimum absolute atomic E-state index is 0.0135. The molecule has 0 spiro atoms. The van der Waals surface area contributed by atoms with Gasteiger partial charge in [-0.05, 0) is 18.6 Å². The molecule has 0 radical (unpaired) electrons. The number of guanidine groups is 1. The molecule has 3 nitrogen and oxygen atoms in total. The number of nitrogens with zero attached hydrogens (tertiary/aromatic N) is 2. The van der Waals surface area contributed by atoms with Gasteiger partial charge in [0.2, 0.25) is 0 Å². The summed E-state index contributed by atoms with van der Waals surface area (Å²) in [6.45, 7) is 6.49. The molecule has 0 fully saturated rings. The van der Waals surface area contributed by atoms with Gasteiger partial charge in [0.05, 0.1) is 5.92 Å². The molecule has 1 aliphatic rings. The second-order valence-electron chi connectivity index (χ2n) is 7.21. The van der Waals surface area contributed by atoms with Crippen molar-refractivity contribution in [1.29, 1.82) is 0 Å². The Kier molecular flexibility index (Phi) is 4.73. The van der Waals surface area contributed by atoms with Crippen molar-refractivity contribution in [3.05, 3.63) is 83.1 Å². The van der Waals surface area contributed by atoms with Crippen LogP contribution < -0.4 is 5.73 Å². The molecule has 2 N–H and O–H groups in total. The van der Waals surface area contributed by atoms with Gasteiger partial charge in [-0.1, -0.05) is 43.0 Å². The van der Waals surface area contributed by atoms with Crippen LogP contribution in [0.15, 0.2) is 59.7 Å². The van der Waals surface area contributed by atoms with Gasteiger partial charge in [-0.25, -0.2) is 22.6 Å². The van der Waals surface area contributed by atoms with Gasteiger partial charge in [-0.2, -0.15) is 0 Å². The predicted molar refractivity (Wildman–Crippen MR) is 101 cm³/mol. The monoisotopic (exact) mass is 391 g/mol. The van der Waals surface area contributed by atoms with Gasteiger partial charge in [0.25, 0.3) is 5.92 Å². The lowest BCUT2D eigenvalue weighted by Gasteiger charge is -2.44. The zero-order valence-corrected chi connectivity index (χ0v) is 15.8. The van der Waals surface area contributed by atoms with Crippen LogP contribution in [0.3, 0.4) is 0 Å². The largest absolute Gasteiger partial charge is 0.370 e. The quantitative estimate of drug-likeness (QED) is 0.760. The number of nitrogens with two attached hydrogens (primary N) is 1. The molecule has 0 saturated heterocycles. The van der Waals surface area contributed by atoms with E-state index < -0.39 is 29.0 Å². The van der Waals surface area contributed by atoms with E-state index in [4.69, 9.17) is 5.73 Å². The molecular formula is C21H21F4N3. The normalized spacial score (nSPS) is 23.0. The van der Waals surface area contributed by atoms with E-state index in [1.807, 2.05) is 0 Å². The second kappa shape index (κ2) is 6.65. The molecule has 0 amide bonds. The first-order chi connectivity index (χ1) is 13.0. The van der Waals surface area contributed by atoms with Crippen LogP contribution in [0.5, 0.6) is 0 Å². The van der Waals surface area contributed by atoms with Crippen LogP contribution >= 0.6 is 0 Å². The molecule has 148 valence electrons. The Morgan fingerprint density at radius 1 is 1.14 bits per heavy atom. The topological polar surface area (TPSA) is 41.6 Å². The van der Waals surface area contributed by atoms with Crippen LogP contribution in [-0.2, 0) is 11.5 Å². The van der Waals surface area contributed by atoms with Gasteiger partial charge in [-0.3, -0.25) is 0 Å². The van der Waals surface area contributed by atoms with E-state index in [1.165, 1.54) is 36.4 Å². The average molecular weight is 391 g/mol. The van der Waals surface area contributed by atoms with Gasteiger partial charge in [0.15, 0.2) is 17.6 Å². The van der Waals surface area contributed by atoms with E-state index in [-0.39, 0.29) is 17.1 Å². The summed E-state index contributed by atoms with van der Waals surface area (Å²) in [7, 11) is 1.66. The van der Waals surface area contributed by atoms with Crippen molar-refractivity contribution in [2.75, 3.05) is 7.05 Å². The molecule has 0 aliphatic carbocycles. The number of rotatable bonds is 3. The lowest BCUT2D eigenvalue weighted by molar-refractivity contribution is 0.0174. The van der Waals surface area contributed by atoms with Crippen molar-refractivity contribution in [2.45, 2.75) is 31.2 Å². The number of benzene rings is 2. The lowest BCUT2D eigenvalue weighted by Crippen LogP contribution is -2.47. The highest BCUT2D eigenvalue weighted by Crippen LogP contribution is 2.48. The first-order valence-corrected chi connectivity index (χ1v) is 8.67. The minimum Gasteiger partial charge on any atom is -0.370 e. The second-order valence-corrected chi connectivity index (χ2v) is 7.21. The Bertz CT molecular complexity index is 947. The van der Waals surface area contributed by atoms with Crippen LogP contribution in [0.25, 0.3) is 0 Å². The highest BCUT2D eigenvalue weighted by atomic mass is 19.3. The number of halogens is 4. The molecule has 2 atom stereocenters. The first-order valence-electron chi connectivity index (χ1n) is 8.67. The molecule has 0 aromatic heterocycles. The van der Waals surface area contributed by atoms with E-state index in [9.17, 15) is 17.6 Å². The number of hydrogen-bond acceptors (Lipinski definition) is 3. The van der Waals surface area contributed by atoms with Crippen LogP contribution in [-0.4, -0.2) is 17.9 Å². The Hall–Kier alpha value is -2.83. The molecule has 3 rings (SSSR count). The van der Waals surface area contributed by atoms with Gasteiger partial charge in [-0.15, -0.1) is 0 Å². The summed E-state index contributed by atoms with van der Waals surface area (Å²) in [6, 6.07) is 9.54. The first kappa shape index (κ1) is 19.9. The Morgan fingerprint density at radius 3 is 2.32 bits per heavy atom. The van der Waals surface area contributed by atoms with E-state index in [0.717, 1.165) is 13.0 Å². The van der Waals surface area contributed by atoms with Crippen molar-refractivity contribution >= 4 is 5.96 Å². The fourth-order valence-electron chi connectivity index (χ4n) is 3.64. The average Bonchev–Trinajstić information content (AvgIpc) is 2.62. The predicted octanol–water partition coefficient (Wildman–Crippen LogP) is 4.85. The highest BCUT2D eigenvalue weighted by Gasteiger charge is 2.45. The number of aliphatic imine (C=N–C) groups is 1. The lowest BCUT2D eigenvalue weighted by atomic mass is 9.73. The molecule has 1 heterocycles. The van der Waals surface area contributed by atoms with E-state index in [2.05, 4.69) is 11.6 Å². The maximum Gasteiger partial charge on any atom is 0.270 e. The molecule has 1 aliphatic heterocycles. The Balaban J connectivity index is 2.21. The SMILES string of the molecule is C=C1[C@@H](c2ccc(C(C)(F)F)cc2)[C@@](C)(c2cccc(F)c2F)N=C(N)N1C. The molecule has 2 aromatic carbocycles. The maximum absolute atomic E-state index is 14.7. The maximum atomic E-state index is 14.7. The summed E-state index contributed by atoms with van der Waals surface area (Å²) in [4.78, 5) is 6.00. The van der Waals surface area contributed by atoms with Gasteiger partial charge in [0.1, 0.15) is 5.54 Å². The molecule has 0 saturated carbocycles. The third-order valence-corrected chi connectivity index (χ3v) is 5.26. The van der Waals surface area contributed by atoms with Crippen LogP contribution in [0.4, 0.5) is 17.6 Å². The van der Waals surface area contributed by atoms with Crippen LogP contribution in [0, 0.1) is 11.6 Å². The van der Waals surface area contributed by atoms with Crippen molar-refractivity contribution in [1.82, 2.24) is 4.90 Å². The summed E-state index contributed by atoms with van der Waals surface area (Å²) < 4.78 is 55.7. The fraction of sp³-hybridized carbons (Fsp3) is 0.286. The van der Waals surface area contributed by atoms with Crippen molar-refractivity contribution in [3.63, 3.8) is 0 Å². The van der Waals surface area contributed by atoms with Crippen molar-refractivity contribution < 1.29 is 17.6 Å². The van der Waals surface area contributed by atoms with Crippen molar-refractivity contribution in [2.24, 2.45) is 10.7 Å². The zero-order valence-electron chi connectivity index (χ0n) is 15.8. The molecule has 0 bridgehead atoms. The van der Waals surface area contributed by atoms with E-state index in [0.29, 0.717) is 11.3 Å². The summed E-state index contributed by atoms with van der Waals surface area (Å²) in [5.74, 6) is -5.55. The molecule has 28 heavy (non-hydrogen) atoms. The third-order valence-electron chi connectivity index (χ3n) is 5.26. The molecular weight excluding hydrogens is 370 g/mol. The standard InChI is InChI=1S/C21H21F4N3/c1-12-17(13-8-10-14(11-9-13)21(3,24)25)20(2,27-19(26)28(12)4)15-6-5-7-16(22)18(15)23/h5-11,17H,1H2,2-4H3,(H2,26,27)/t17-,20+/m0/s1. The van der Waals surface area contributed by atoms with Crippen LogP contribution in [0.2, 0.25) is 0 Å². The van der Waals surface area contributed by atoms with Gasteiger partial charge < -0.3 is 10.6 Å². The van der Waals surface area contributed by atoms with Gasteiger partial charge in [0, 0.05) is 30.8 Å². The number of alkyl halides is 2. The Morgan fingerprint density at radius 2 is 1.75 bits per heavy atom. The van der Waals surface area contributed by atoms with Crippen molar-refractivity contribution in [3.8, 4) is 0 Å². The fourth-order valence-corrected chi connectivity index (χ4v) is 3.64. The van der Waals surface area contributed by atoms with Crippen LogP contribution in [0.1, 0.15) is 36.5 Å². The summed E-state index contributed by atoms with van der Waals surface area (Å²) in [5.41, 5.74) is 5.63. The minimum atomic E-state index is -2.99. The number of likely N-dealkylation sites (N-methyl/N-ethyl adjacent to an activating group) is 1. The highest BCUT2D eigenvalue weighted by molar-refractivity contribution is 5.82.